The number of anilines is 1. The van der Waals surface area contributed by atoms with E-state index in [0.29, 0.717) is 24.3 Å². The smallest absolute Gasteiger partial charge is 0.418 e. The standard InChI is InChI=1S/C41H40Cl2F3NO3Si/c1-40(2,3)51(30-17-10-6-11-18-30,31-19-12-7-13-20-31)50-24-14-21-33(29-22-23-32(38(25-29)49-4)28-15-8-5-9-16-28)39(48)47-37-27-36(43)35(42)26-34(37)41(44,45)46/h5-13,15-20,22-23,25-27,33H,14,21,24H2,1-4H3,(H,47,48). The molecule has 0 spiro atoms. The molecule has 0 radical (unpaired) electrons. The number of amides is 1. The molecule has 266 valence electrons. The van der Waals surface area contributed by atoms with Crippen LogP contribution in [0.15, 0.2) is 121 Å². The van der Waals surface area contributed by atoms with Crippen LogP contribution < -0.4 is 20.4 Å². The zero-order chi connectivity index (χ0) is 36.8. The van der Waals surface area contributed by atoms with Crippen LogP contribution >= 0.6 is 23.2 Å². The van der Waals surface area contributed by atoms with E-state index in [1.54, 1.807) is 13.2 Å². The lowest BCUT2D eigenvalue weighted by Crippen LogP contribution is -2.66. The molecule has 5 rings (SSSR count). The van der Waals surface area contributed by atoms with Gasteiger partial charge in [0.25, 0.3) is 8.32 Å². The van der Waals surface area contributed by atoms with Crippen LogP contribution in [0.4, 0.5) is 18.9 Å². The van der Waals surface area contributed by atoms with Gasteiger partial charge in [0.15, 0.2) is 0 Å². The van der Waals surface area contributed by atoms with Crippen LogP contribution in [0.25, 0.3) is 11.1 Å². The summed E-state index contributed by atoms with van der Waals surface area (Å²) < 4.78 is 55.1. The zero-order valence-electron chi connectivity index (χ0n) is 28.9. The average Bonchev–Trinajstić information content (AvgIpc) is 3.11. The molecule has 4 nitrogen and oxygen atoms in total. The third kappa shape index (κ3) is 8.53. The van der Waals surface area contributed by atoms with Crippen LogP contribution in [0.3, 0.4) is 0 Å². The van der Waals surface area contributed by atoms with Gasteiger partial charge in [0.2, 0.25) is 5.91 Å². The van der Waals surface area contributed by atoms with E-state index in [1.165, 1.54) is 0 Å². The second-order valence-corrected chi connectivity index (χ2v) is 18.5. The maximum absolute atomic E-state index is 14.1. The Morgan fingerprint density at radius 1 is 0.784 bits per heavy atom. The lowest BCUT2D eigenvalue weighted by atomic mass is 9.91. The highest BCUT2D eigenvalue weighted by Crippen LogP contribution is 2.41. The van der Waals surface area contributed by atoms with Gasteiger partial charge in [0.1, 0.15) is 5.75 Å². The fourth-order valence-electron chi connectivity index (χ4n) is 6.61. The van der Waals surface area contributed by atoms with Gasteiger partial charge in [-0.1, -0.05) is 147 Å². The van der Waals surface area contributed by atoms with Gasteiger partial charge in [-0.2, -0.15) is 13.2 Å². The molecular formula is C41H40Cl2F3NO3Si. The van der Waals surface area contributed by atoms with Crippen molar-refractivity contribution in [3.63, 3.8) is 0 Å². The number of halogens is 5. The SMILES string of the molecule is COc1cc(C(CCCO[Si](c2ccccc2)(c2ccccc2)C(C)(C)C)C(=O)Nc2cc(Cl)c(Cl)cc2C(F)(F)F)ccc1-c1ccccc1. The van der Waals surface area contributed by atoms with Crippen LogP contribution in [-0.2, 0) is 15.4 Å². The molecule has 10 heteroatoms. The second kappa shape index (κ2) is 16.1. The molecule has 0 aliphatic carbocycles. The highest BCUT2D eigenvalue weighted by molar-refractivity contribution is 6.99. The predicted molar refractivity (Wildman–Crippen MR) is 204 cm³/mol. The highest BCUT2D eigenvalue weighted by Gasteiger charge is 2.50. The first-order valence-corrected chi connectivity index (χ1v) is 19.3. The van der Waals surface area contributed by atoms with Crippen molar-refractivity contribution in [1.29, 1.82) is 0 Å². The molecule has 5 aromatic rings. The Morgan fingerprint density at radius 3 is 1.86 bits per heavy atom. The van der Waals surface area contributed by atoms with Crippen molar-refractivity contribution in [1.82, 2.24) is 0 Å². The summed E-state index contributed by atoms with van der Waals surface area (Å²) in [5, 5.41) is 4.15. The molecule has 0 aliphatic heterocycles. The van der Waals surface area contributed by atoms with Gasteiger partial charge in [0.05, 0.1) is 34.3 Å². The van der Waals surface area contributed by atoms with Gasteiger partial charge in [-0.25, -0.2) is 0 Å². The fourth-order valence-corrected chi connectivity index (χ4v) is 11.5. The number of hydrogen-bond acceptors (Lipinski definition) is 3. The normalized spacial score (nSPS) is 12.7. The minimum absolute atomic E-state index is 0.107. The van der Waals surface area contributed by atoms with E-state index in [0.717, 1.165) is 33.6 Å². The highest BCUT2D eigenvalue weighted by atomic mass is 35.5. The number of ether oxygens (including phenoxy) is 1. The first-order valence-electron chi connectivity index (χ1n) is 16.6. The largest absolute Gasteiger partial charge is 0.496 e. The minimum atomic E-state index is -4.78. The molecule has 0 fully saturated rings. The van der Waals surface area contributed by atoms with E-state index >= 15 is 0 Å². The van der Waals surface area contributed by atoms with E-state index < -0.39 is 37.6 Å². The van der Waals surface area contributed by atoms with Gasteiger partial charge in [-0.3, -0.25) is 4.79 Å². The second-order valence-electron chi connectivity index (χ2n) is 13.3. The van der Waals surface area contributed by atoms with Crippen LogP contribution in [0.5, 0.6) is 5.75 Å². The molecule has 0 bridgehead atoms. The summed E-state index contributed by atoms with van der Waals surface area (Å²) >= 11 is 12.1. The summed E-state index contributed by atoms with van der Waals surface area (Å²) in [5.74, 6) is -0.952. The lowest BCUT2D eigenvalue weighted by Gasteiger charge is -2.43. The molecule has 1 N–H and O–H groups in total. The van der Waals surface area contributed by atoms with Gasteiger partial charge < -0.3 is 14.5 Å². The summed E-state index contributed by atoms with van der Waals surface area (Å²) in [7, 11) is -1.32. The van der Waals surface area contributed by atoms with Crippen LogP contribution in [-0.4, -0.2) is 27.9 Å². The van der Waals surface area contributed by atoms with Crippen molar-refractivity contribution in [3.05, 3.63) is 142 Å². The lowest BCUT2D eigenvalue weighted by molar-refractivity contribution is -0.137. The number of methoxy groups -OCH3 is 1. The number of alkyl halides is 3. The Balaban J connectivity index is 1.50. The third-order valence-electron chi connectivity index (χ3n) is 9.03. The summed E-state index contributed by atoms with van der Waals surface area (Å²) in [6.45, 7) is 6.87. The van der Waals surface area contributed by atoms with E-state index in [4.69, 9.17) is 32.4 Å². The maximum Gasteiger partial charge on any atom is 0.418 e. The number of rotatable bonds is 12. The summed E-state index contributed by atoms with van der Waals surface area (Å²) in [5.41, 5.74) is 0.772. The number of benzene rings is 5. The molecule has 0 saturated carbocycles. The van der Waals surface area contributed by atoms with Crippen LogP contribution in [0.2, 0.25) is 15.1 Å². The Hall–Kier alpha value is -4.08. The third-order valence-corrected chi connectivity index (χ3v) is 14.8. The maximum atomic E-state index is 14.1. The quantitative estimate of drug-likeness (QED) is 0.102. The van der Waals surface area contributed by atoms with Gasteiger partial charge in [-0.05, 0) is 57.6 Å². The van der Waals surface area contributed by atoms with Gasteiger partial charge >= 0.3 is 6.18 Å². The van der Waals surface area contributed by atoms with Gasteiger partial charge in [-0.15, -0.1) is 0 Å². The molecule has 5 aromatic carbocycles. The molecule has 0 saturated heterocycles. The van der Waals surface area contributed by atoms with E-state index in [1.807, 2.05) is 78.9 Å². The van der Waals surface area contributed by atoms with Crippen molar-refractivity contribution in [2.75, 3.05) is 19.0 Å². The first kappa shape index (κ1) is 38.2. The average molecular weight is 751 g/mol. The molecule has 1 atom stereocenters. The topological polar surface area (TPSA) is 47.6 Å². The van der Waals surface area contributed by atoms with E-state index in [9.17, 15) is 18.0 Å². The summed E-state index contributed by atoms with van der Waals surface area (Å²) in [6.07, 6.45) is -4.06. The van der Waals surface area contributed by atoms with Crippen molar-refractivity contribution >= 4 is 53.5 Å². The monoisotopic (exact) mass is 749 g/mol. The Bertz CT molecular complexity index is 1900. The fraction of sp³-hybridized carbons (Fsp3) is 0.244. The Morgan fingerprint density at radius 2 is 1.33 bits per heavy atom. The molecule has 51 heavy (non-hydrogen) atoms. The van der Waals surface area contributed by atoms with Crippen molar-refractivity contribution in [3.8, 4) is 16.9 Å². The predicted octanol–water partition coefficient (Wildman–Crippen LogP) is 10.8. The summed E-state index contributed by atoms with van der Waals surface area (Å²) in [6, 6.07) is 37.3. The van der Waals surface area contributed by atoms with E-state index in [2.05, 4.69) is 50.4 Å². The number of carbonyl (C=O) groups is 1. The van der Waals surface area contributed by atoms with Crippen molar-refractivity contribution in [2.45, 2.75) is 50.7 Å². The molecule has 0 aliphatic rings. The van der Waals surface area contributed by atoms with Crippen LogP contribution in [0.1, 0.15) is 50.7 Å². The number of hydrogen-bond donors (Lipinski definition) is 1. The van der Waals surface area contributed by atoms with E-state index in [-0.39, 0.29) is 21.5 Å². The molecule has 1 unspecified atom stereocenters. The number of carbonyl (C=O) groups excluding carboxylic acids is 1. The summed E-state index contributed by atoms with van der Waals surface area (Å²) in [4.78, 5) is 14.1. The van der Waals surface area contributed by atoms with Crippen LogP contribution in [0, 0.1) is 0 Å². The molecular weight excluding hydrogens is 710 g/mol. The Labute approximate surface area is 308 Å². The first-order chi connectivity index (χ1) is 24.3. The van der Waals surface area contributed by atoms with Crippen molar-refractivity contribution < 1.29 is 27.1 Å². The Kier molecular flexibility index (Phi) is 12.0. The number of nitrogens with one attached hydrogen (secondary N) is 1. The molecule has 0 aromatic heterocycles. The van der Waals surface area contributed by atoms with Crippen molar-refractivity contribution in [2.24, 2.45) is 0 Å². The minimum Gasteiger partial charge on any atom is -0.496 e. The molecule has 1 amide bonds. The molecule has 0 heterocycles. The zero-order valence-corrected chi connectivity index (χ0v) is 31.4. The van der Waals surface area contributed by atoms with Gasteiger partial charge in [0, 0.05) is 12.2 Å².